The average molecular weight is 239 g/mol. The van der Waals surface area contributed by atoms with Crippen molar-refractivity contribution in [1.29, 1.82) is 0 Å². The van der Waals surface area contributed by atoms with Crippen LogP contribution in [0, 0.1) is 0 Å². The van der Waals surface area contributed by atoms with E-state index in [-0.39, 0.29) is 0 Å². The number of nitrogens with zero attached hydrogens (tertiary/aromatic N) is 2. The molecule has 2 rings (SSSR count). The first-order chi connectivity index (χ1) is 7.75. The fourth-order valence-electron chi connectivity index (χ4n) is 1.70. The predicted octanol–water partition coefficient (Wildman–Crippen LogP) is 2.08. The van der Waals surface area contributed by atoms with E-state index in [0.29, 0.717) is 11.0 Å². The van der Waals surface area contributed by atoms with Gasteiger partial charge in [0.05, 0.1) is 5.69 Å². The monoisotopic (exact) mass is 238 g/mol. The van der Waals surface area contributed by atoms with E-state index >= 15 is 0 Å². The highest BCUT2D eigenvalue weighted by molar-refractivity contribution is 6.30. The number of hydrogen-bond donors (Lipinski definition) is 2. The third-order valence-corrected chi connectivity index (χ3v) is 2.79. The van der Waals surface area contributed by atoms with Gasteiger partial charge in [-0.15, -0.1) is 5.10 Å². The van der Waals surface area contributed by atoms with Gasteiger partial charge in [0, 0.05) is 18.1 Å². The number of nitrogens with two attached hydrogens (primary N) is 1. The van der Waals surface area contributed by atoms with Crippen molar-refractivity contribution in [2.45, 2.75) is 12.8 Å². The van der Waals surface area contributed by atoms with Gasteiger partial charge in [-0.05, 0) is 31.0 Å². The number of anilines is 1. The van der Waals surface area contributed by atoms with Crippen LogP contribution in [-0.2, 0) is 0 Å². The van der Waals surface area contributed by atoms with Gasteiger partial charge in [-0.25, -0.2) is 0 Å². The Hall–Kier alpha value is -1.42. The highest BCUT2D eigenvalue weighted by atomic mass is 35.5. The standard InChI is InChI=1S/C11H15ClN4/c12-9-4-3-5-10(8-9)14-15-11(13)16-6-1-2-7-16/h3-5,8,14H,1-2,6-7H2,(H2,13,15). The van der Waals surface area contributed by atoms with Crippen LogP contribution in [0.2, 0.25) is 5.02 Å². The molecular weight excluding hydrogens is 224 g/mol. The molecule has 0 atom stereocenters. The Morgan fingerprint density at radius 3 is 2.81 bits per heavy atom. The Balaban J connectivity index is 1.97. The second-order valence-electron chi connectivity index (χ2n) is 3.79. The van der Waals surface area contributed by atoms with Crippen LogP contribution in [0.5, 0.6) is 0 Å². The molecule has 0 saturated carbocycles. The van der Waals surface area contributed by atoms with Crippen molar-refractivity contribution in [3.05, 3.63) is 29.3 Å². The molecule has 0 aliphatic carbocycles. The van der Waals surface area contributed by atoms with Crippen molar-refractivity contribution >= 4 is 23.2 Å². The normalized spacial score (nSPS) is 16.6. The third kappa shape index (κ3) is 2.79. The molecule has 1 heterocycles. The van der Waals surface area contributed by atoms with Crippen LogP contribution in [0.15, 0.2) is 29.4 Å². The van der Waals surface area contributed by atoms with Gasteiger partial charge in [-0.2, -0.15) is 0 Å². The van der Waals surface area contributed by atoms with E-state index in [9.17, 15) is 0 Å². The first-order valence-corrected chi connectivity index (χ1v) is 5.73. The van der Waals surface area contributed by atoms with Crippen molar-refractivity contribution in [3.8, 4) is 0 Å². The van der Waals surface area contributed by atoms with Crippen molar-refractivity contribution in [1.82, 2.24) is 4.90 Å². The van der Waals surface area contributed by atoms with Gasteiger partial charge in [0.25, 0.3) is 0 Å². The minimum Gasteiger partial charge on any atom is -0.368 e. The molecule has 1 aliphatic heterocycles. The Morgan fingerprint density at radius 2 is 2.12 bits per heavy atom. The summed E-state index contributed by atoms with van der Waals surface area (Å²) in [7, 11) is 0. The van der Waals surface area contributed by atoms with E-state index in [1.165, 1.54) is 12.8 Å². The summed E-state index contributed by atoms with van der Waals surface area (Å²) in [5.41, 5.74) is 9.59. The summed E-state index contributed by atoms with van der Waals surface area (Å²) in [5, 5.41) is 4.81. The Kier molecular flexibility index (Phi) is 3.51. The van der Waals surface area contributed by atoms with Crippen molar-refractivity contribution in [2.75, 3.05) is 18.5 Å². The summed E-state index contributed by atoms with van der Waals surface area (Å²) in [6.07, 6.45) is 2.38. The zero-order valence-electron chi connectivity index (χ0n) is 8.99. The number of nitrogens with one attached hydrogen (secondary N) is 1. The maximum Gasteiger partial charge on any atom is 0.214 e. The summed E-state index contributed by atoms with van der Waals surface area (Å²) in [6, 6.07) is 7.39. The number of hydrazone groups is 1. The zero-order valence-corrected chi connectivity index (χ0v) is 9.74. The van der Waals surface area contributed by atoms with Gasteiger partial charge in [-0.3, -0.25) is 5.43 Å². The van der Waals surface area contributed by atoms with Gasteiger partial charge in [-0.1, -0.05) is 17.7 Å². The molecule has 0 amide bonds. The Bertz CT molecular complexity index is 385. The molecule has 1 fully saturated rings. The van der Waals surface area contributed by atoms with Crippen LogP contribution in [0.1, 0.15) is 12.8 Å². The Labute approximate surface area is 100 Å². The van der Waals surface area contributed by atoms with E-state index < -0.39 is 0 Å². The molecule has 1 saturated heterocycles. The topological polar surface area (TPSA) is 53.6 Å². The van der Waals surface area contributed by atoms with E-state index in [2.05, 4.69) is 15.4 Å². The second-order valence-corrected chi connectivity index (χ2v) is 4.22. The minimum absolute atomic E-state index is 0.539. The quantitative estimate of drug-likeness (QED) is 0.471. The summed E-state index contributed by atoms with van der Waals surface area (Å²) < 4.78 is 0. The van der Waals surface area contributed by atoms with E-state index in [1.54, 1.807) is 0 Å². The van der Waals surface area contributed by atoms with Crippen LogP contribution in [0.25, 0.3) is 0 Å². The maximum absolute atomic E-state index is 5.86. The lowest BCUT2D eigenvalue weighted by molar-refractivity contribution is 0.512. The molecule has 1 aromatic rings. The lowest BCUT2D eigenvalue weighted by Crippen LogP contribution is -2.35. The van der Waals surface area contributed by atoms with Gasteiger partial charge >= 0.3 is 0 Å². The molecule has 0 radical (unpaired) electrons. The smallest absolute Gasteiger partial charge is 0.214 e. The summed E-state index contributed by atoms with van der Waals surface area (Å²) in [4.78, 5) is 2.07. The number of guanidine groups is 1. The highest BCUT2D eigenvalue weighted by Crippen LogP contribution is 2.15. The number of hydrogen-bond acceptors (Lipinski definition) is 2. The number of likely N-dealkylation sites (tertiary alicyclic amines) is 1. The lowest BCUT2D eigenvalue weighted by Gasteiger charge is -2.15. The molecule has 0 bridgehead atoms. The minimum atomic E-state index is 0.539. The summed E-state index contributed by atoms with van der Waals surface area (Å²) in [6.45, 7) is 1.99. The molecule has 1 aromatic carbocycles. The summed E-state index contributed by atoms with van der Waals surface area (Å²) >= 11 is 5.86. The molecule has 1 aliphatic rings. The van der Waals surface area contributed by atoms with Crippen LogP contribution in [-0.4, -0.2) is 23.9 Å². The van der Waals surface area contributed by atoms with Crippen LogP contribution < -0.4 is 11.2 Å². The molecule has 0 spiro atoms. The second kappa shape index (κ2) is 5.07. The molecular formula is C11H15ClN4. The number of halogens is 1. The first-order valence-electron chi connectivity index (χ1n) is 5.35. The van der Waals surface area contributed by atoms with Gasteiger partial charge in [0.15, 0.2) is 0 Å². The van der Waals surface area contributed by atoms with Crippen LogP contribution >= 0.6 is 11.6 Å². The fraction of sp³-hybridized carbons (Fsp3) is 0.364. The number of rotatable bonds is 2. The fourth-order valence-corrected chi connectivity index (χ4v) is 1.89. The van der Waals surface area contributed by atoms with Crippen LogP contribution in [0.3, 0.4) is 0 Å². The number of benzene rings is 1. The predicted molar refractivity (Wildman–Crippen MR) is 67.5 cm³/mol. The maximum atomic E-state index is 5.86. The van der Waals surface area contributed by atoms with Crippen LogP contribution in [0.4, 0.5) is 5.69 Å². The average Bonchev–Trinajstić information content (AvgIpc) is 2.79. The van der Waals surface area contributed by atoms with Crippen molar-refractivity contribution in [2.24, 2.45) is 10.8 Å². The molecule has 5 heteroatoms. The molecule has 0 aromatic heterocycles. The SMILES string of the molecule is N/C(=N\Nc1cccc(Cl)c1)N1CCCC1. The molecule has 86 valence electrons. The molecule has 3 N–H and O–H groups in total. The molecule has 4 nitrogen and oxygen atoms in total. The van der Waals surface area contributed by atoms with E-state index in [4.69, 9.17) is 17.3 Å². The van der Waals surface area contributed by atoms with Gasteiger partial charge in [0.2, 0.25) is 5.96 Å². The largest absolute Gasteiger partial charge is 0.368 e. The van der Waals surface area contributed by atoms with E-state index in [0.717, 1.165) is 18.8 Å². The molecule has 0 unspecified atom stereocenters. The third-order valence-electron chi connectivity index (χ3n) is 2.55. The van der Waals surface area contributed by atoms with Crippen molar-refractivity contribution < 1.29 is 0 Å². The zero-order chi connectivity index (χ0) is 11.4. The highest BCUT2D eigenvalue weighted by Gasteiger charge is 2.13. The molecule has 16 heavy (non-hydrogen) atoms. The summed E-state index contributed by atoms with van der Waals surface area (Å²) in [5.74, 6) is 0.539. The van der Waals surface area contributed by atoms with Gasteiger partial charge < -0.3 is 10.6 Å². The van der Waals surface area contributed by atoms with E-state index in [1.807, 2.05) is 24.3 Å². The lowest BCUT2D eigenvalue weighted by atomic mass is 10.3. The van der Waals surface area contributed by atoms with Crippen molar-refractivity contribution in [3.63, 3.8) is 0 Å². The Morgan fingerprint density at radius 1 is 1.38 bits per heavy atom. The van der Waals surface area contributed by atoms with Gasteiger partial charge in [0.1, 0.15) is 0 Å². The first kappa shape index (κ1) is 11.1.